The van der Waals surface area contributed by atoms with Crippen molar-refractivity contribution in [3.05, 3.63) is 58.9 Å². The van der Waals surface area contributed by atoms with Crippen LogP contribution in [-0.4, -0.2) is 29.1 Å². The van der Waals surface area contributed by atoms with Crippen molar-refractivity contribution in [1.82, 2.24) is 10.1 Å². The molecule has 1 aliphatic heterocycles. The number of piperidine rings is 1. The van der Waals surface area contributed by atoms with E-state index in [4.69, 9.17) is 16.1 Å². The fraction of sp³-hybridized carbons (Fsp3) is 0.348. The minimum atomic E-state index is -0.511. The molecule has 0 bridgehead atoms. The summed E-state index contributed by atoms with van der Waals surface area (Å²) in [6.45, 7) is 5.58. The molecule has 2 aromatic carbocycles. The van der Waals surface area contributed by atoms with Gasteiger partial charge in [-0.05, 0) is 42.5 Å². The first-order valence-corrected chi connectivity index (χ1v) is 10.7. The van der Waals surface area contributed by atoms with Crippen LogP contribution in [0.2, 0.25) is 5.02 Å². The maximum absolute atomic E-state index is 13.3. The second-order valence-electron chi connectivity index (χ2n) is 8.06. The molecule has 0 saturated carbocycles. The van der Waals surface area contributed by atoms with Gasteiger partial charge in [-0.25, -0.2) is 4.39 Å². The van der Waals surface area contributed by atoms with E-state index in [9.17, 15) is 9.18 Å². The summed E-state index contributed by atoms with van der Waals surface area (Å²) >= 11 is 5.78. The number of anilines is 2. The minimum absolute atomic E-state index is 0.0151. The van der Waals surface area contributed by atoms with Gasteiger partial charge in [0.15, 0.2) is 0 Å². The number of hydrogen-bond donors (Lipinski definition) is 1. The molecule has 31 heavy (non-hydrogen) atoms. The summed E-state index contributed by atoms with van der Waals surface area (Å²) in [5.41, 5.74) is 2.66. The van der Waals surface area contributed by atoms with E-state index in [2.05, 4.69) is 41.4 Å². The molecule has 1 aliphatic rings. The zero-order valence-corrected chi connectivity index (χ0v) is 18.2. The normalized spacial score (nSPS) is 14.8. The number of rotatable bonds is 5. The molecule has 2 heterocycles. The Balaban J connectivity index is 1.34. The molecule has 4 rings (SSSR count). The highest BCUT2D eigenvalue weighted by Gasteiger charge is 2.27. The number of amides is 1. The summed E-state index contributed by atoms with van der Waals surface area (Å²) in [6.07, 6.45) is 1.31. The van der Waals surface area contributed by atoms with Crippen molar-refractivity contribution in [2.45, 2.75) is 32.6 Å². The molecule has 0 aliphatic carbocycles. The Morgan fingerprint density at radius 1 is 1.19 bits per heavy atom. The number of aromatic nitrogens is 2. The first-order chi connectivity index (χ1) is 14.9. The molecule has 0 radical (unpaired) electrons. The topological polar surface area (TPSA) is 71.3 Å². The predicted octanol–water partition coefficient (Wildman–Crippen LogP) is 5.51. The van der Waals surface area contributed by atoms with E-state index in [0.717, 1.165) is 5.56 Å². The zero-order chi connectivity index (χ0) is 22.0. The van der Waals surface area contributed by atoms with Gasteiger partial charge >= 0.3 is 6.01 Å². The fourth-order valence-corrected chi connectivity index (χ4v) is 3.81. The van der Waals surface area contributed by atoms with E-state index in [1.54, 1.807) is 0 Å². The molecule has 162 valence electrons. The lowest BCUT2D eigenvalue weighted by atomic mass is 9.96. The number of hydrogen-bond acceptors (Lipinski definition) is 5. The molecule has 8 heteroatoms. The van der Waals surface area contributed by atoms with E-state index < -0.39 is 5.82 Å². The second-order valence-corrected chi connectivity index (χ2v) is 8.46. The predicted molar refractivity (Wildman–Crippen MR) is 119 cm³/mol. The van der Waals surface area contributed by atoms with Gasteiger partial charge in [0.25, 0.3) is 0 Å². The maximum atomic E-state index is 13.3. The molecule has 1 amide bonds. The van der Waals surface area contributed by atoms with Gasteiger partial charge in [0.05, 0.1) is 5.02 Å². The largest absolute Gasteiger partial charge is 0.326 e. The minimum Gasteiger partial charge on any atom is -0.326 e. The third-order valence-electron chi connectivity index (χ3n) is 5.57. The number of carbonyl (C=O) groups excluding carboxylic acids is 1. The van der Waals surface area contributed by atoms with Crippen LogP contribution in [0.4, 0.5) is 16.1 Å². The van der Waals surface area contributed by atoms with E-state index in [0.29, 0.717) is 49.4 Å². The van der Waals surface area contributed by atoms with E-state index in [1.807, 2.05) is 17.0 Å². The van der Waals surface area contributed by atoms with Crippen molar-refractivity contribution in [3.63, 3.8) is 0 Å². The summed E-state index contributed by atoms with van der Waals surface area (Å²) in [6, 6.07) is 12.8. The quantitative estimate of drug-likeness (QED) is 0.564. The lowest BCUT2D eigenvalue weighted by Gasteiger charge is -2.29. The number of halogens is 2. The smallest absolute Gasteiger partial charge is 0.324 e. The molecular formula is C23H24ClFN4O2. The Kier molecular flexibility index (Phi) is 6.23. The number of nitrogens with zero attached hydrogens (tertiary/aromatic N) is 3. The van der Waals surface area contributed by atoms with Crippen molar-refractivity contribution in [2.24, 2.45) is 5.92 Å². The van der Waals surface area contributed by atoms with Crippen molar-refractivity contribution >= 4 is 29.2 Å². The number of benzene rings is 2. The summed E-state index contributed by atoms with van der Waals surface area (Å²) in [7, 11) is 0. The third kappa shape index (κ3) is 4.88. The van der Waals surface area contributed by atoms with Crippen LogP contribution < -0.4 is 10.2 Å². The van der Waals surface area contributed by atoms with Crippen LogP contribution in [0.15, 0.2) is 47.0 Å². The van der Waals surface area contributed by atoms with Crippen LogP contribution >= 0.6 is 11.6 Å². The standard InChI is InChI=1S/C23H24ClFN4O2/c1-14(2)15-3-5-16(6-4-15)21-27-23(31-28-21)29-11-9-17(10-12-29)22(30)26-18-7-8-20(25)19(24)13-18/h3-8,13-14,17H,9-12H2,1-2H3,(H,26,30). The summed E-state index contributed by atoms with van der Waals surface area (Å²) in [5, 5.41) is 6.91. The van der Waals surface area contributed by atoms with Crippen molar-refractivity contribution in [2.75, 3.05) is 23.3 Å². The molecule has 1 aromatic heterocycles. The summed E-state index contributed by atoms with van der Waals surface area (Å²) < 4.78 is 18.8. The highest BCUT2D eigenvalue weighted by Crippen LogP contribution is 2.27. The Morgan fingerprint density at radius 2 is 1.90 bits per heavy atom. The average molecular weight is 443 g/mol. The highest BCUT2D eigenvalue weighted by molar-refractivity contribution is 6.31. The van der Waals surface area contributed by atoms with Crippen molar-refractivity contribution in [3.8, 4) is 11.4 Å². The van der Waals surface area contributed by atoms with Crippen LogP contribution in [0, 0.1) is 11.7 Å². The first kappa shape index (κ1) is 21.3. The lowest BCUT2D eigenvalue weighted by Crippen LogP contribution is -2.38. The zero-order valence-electron chi connectivity index (χ0n) is 17.4. The molecule has 0 spiro atoms. The third-order valence-corrected chi connectivity index (χ3v) is 5.86. The lowest BCUT2D eigenvalue weighted by molar-refractivity contribution is -0.120. The van der Waals surface area contributed by atoms with Gasteiger partial charge in [-0.3, -0.25) is 4.79 Å². The summed E-state index contributed by atoms with van der Waals surface area (Å²) in [4.78, 5) is 19.1. The second kappa shape index (κ2) is 9.06. The van der Waals surface area contributed by atoms with Crippen LogP contribution in [0.25, 0.3) is 11.4 Å². The van der Waals surface area contributed by atoms with Gasteiger partial charge in [0, 0.05) is 30.3 Å². The van der Waals surface area contributed by atoms with Crippen LogP contribution in [-0.2, 0) is 4.79 Å². The van der Waals surface area contributed by atoms with Gasteiger partial charge in [0.2, 0.25) is 11.7 Å². The SMILES string of the molecule is CC(C)c1ccc(-c2noc(N3CCC(C(=O)Nc4ccc(F)c(Cl)c4)CC3)n2)cc1. The monoisotopic (exact) mass is 442 g/mol. The molecular weight excluding hydrogens is 419 g/mol. The van der Waals surface area contributed by atoms with Gasteiger partial charge in [0.1, 0.15) is 5.82 Å². The Bertz CT molecular complexity index is 1060. The van der Waals surface area contributed by atoms with Gasteiger partial charge in [-0.1, -0.05) is 54.9 Å². The van der Waals surface area contributed by atoms with Crippen LogP contribution in [0.3, 0.4) is 0 Å². The molecule has 6 nitrogen and oxygen atoms in total. The van der Waals surface area contributed by atoms with Gasteiger partial charge < -0.3 is 14.7 Å². The summed E-state index contributed by atoms with van der Waals surface area (Å²) in [5.74, 6) is 0.263. The maximum Gasteiger partial charge on any atom is 0.324 e. The molecule has 1 saturated heterocycles. The Morgan fingerprint density at radius 3 is 2.55 bits per heavy atom. The highest BCUT2D eigenvalue weighted by atomic mass is 35.5. The van der Waals surface area contributed by atoms with Crippen LogP contribution in [0.1, 0.15) is 38.2 Å². The van der Waals surface area contributed by atoms with Crippen LogP contribution in [0.5, 0.6) is 0 Å². The molecule has 0 atom stereocenters. The molecule has 1 N–H and O–H groups in total. The van der Waals surface area contributed by atoms with E-state index in [-0.39, 0.29) is 16.8 Å². The Hall–Kier alpha value is -2.93. The van der Waals surface area contributed by atoms with E-state index in [1.165, 1.54) is 23.8 Å². The Labute approximate surface area is 185 Å². The molecule has 0 unspecified atom stereocenters. The van der Waals surface area contributed by atoms with Gasteiger partial charge in [-0.2, -0.15) is 4.98 Å². The fourth-order valence-electron chi connectivity index (χ4n) is 3.63. The number of nitrogens with one attached hydrogen (secondary N) is 1. The number of carbonyl (C=O) groups is 1. The van der Waals surface area contributed by atoms with Gasteiger partial charge in [-0.15, -0.1) is 0 Å². The van der Waals surface area contributed by atoms with Crippen molar-refractivity contribution in [1.29, 1.82) is 0 Å². The molecule has 1 fully saturated rings. The molecule has 3 aromatic rings. The van der Waals surface area contributed by atoms with E-state index >= 15 is 0 Å². The average Bonchev–Trinajstić information content (AvgIpc) is 3.27. The first-order valence-electron chi connectivity index (χ1n) is 10.4. The van der Waals surface area contributed by atoms with Crippen molar-refractivity contribution < 1.29 is 13.7 Å².